The van der Waals surface area contributed by atoms with Crippen LogP contribution in [0.4, 0.5) is 0 Å². The van der Waals surface area contributed by atoms with Crippen molar-refractivity contribution in [2.75, 3.05) is 12.8 Å². The van der Waals surface area contributed by atoms with Gasteiger partial charge in [0.15, 0.2) is 0 Å². The second kappa shape index (κ2) is 4.86. The van der Waals surface area contributed by atoms with Crippen LogP contribution in [0.25, 0.3) is 0 Å². The Hall–Kier alpha value is 0.0200. The summed E-state index contributed by atoms with van der Waals surface area (Å²) in [6.07, 6.45) is 2.08. The van der Waals surface area contributed by atoms with Crippen LogP contribution in [-0.2, 0) is 0 Å². The molecule has 54 valence electrons. The molecule has 0 aromatic rings. The number of thioether (sulfide) groups is 1. The summed E-state index contributed by atoms with van der Waals surface area (Å²) in [6.45, 7) is 7.32. The van der Waals surface area contributed by atoms with Crippen molar-refractivity contribution < 1.29 is 0 Å². The lowest BCUT2D eigenvalue weighted by molar-refractivity contribution is 0.890. The molecule has 0 amide bonds. The van der Waals surface area contributed by atoms with Crippen LogP contribution in [0.2, 0.25) is 0 Å². The van der Waals surface area contributed by atoms with Crippen molar-refractivity contribution in [1.82, 2.24) is 0 Å². The van der Waals surface area contributed by atoms with Gasteiger partial charge < -0.3 is 0 Å². The SMILES string of the molecule is CCN=C(SC)C(C)C. The zero-order chi connectivity index (χ0) is 7.28. The summed E-state index contributed by atoms with van der Waals surface area (Å²) in [4.78, 5) is 4.32. The second-order valence-electron chi connectivity index (χ2n) is 2.17. The summed E-state index contributed by atoms with van der Waals surface area (Å²) in [6, 6.07) is 0. The van der Waals surface area contributed by atoms with Crippen LogP contribution in [0, 0.1) is 5.92 Å². The molecule has 0 N–H and O–H groups in total. The average Bonchev–Trinajstić information content (AvgIpc) is 1.82. The van der Waals surface area contributed by atoms with Gasteiger partial charge in [-0.1, -0.05) is 13.8 Å². The zero-order valence-corrected chi connectivity index (χ0v) is 7.46. The number of rotatable bonds is 2. The van der Waals surface area contributed by atoms with Gasteiger partial charge in [0.05, 0.1) is 5.04 Å². The van der Waals surface area contributed by atoms with E-state index < -0.39 is 0 Å². The Morgan fingerprint density at radius 2 is 2.11 bits per heavy atom. The quantitative estimate of drug-likeness (QED) is 0.429. The van der Waals surface area contributed by atoms with E-state index in [2.05, 4.69) is 32.0 Å². The molecule has 0 radical (unpaired) electrons. The molecule has 0 aromatic carbocycles. The predicted octanol–water partition coefficient (Wildman–Crippen LogP) is 2.42. The van der Waals surface area contributed by atoms with Gasteiger partial charge in [-0.25, -0.2) is 0 Å². The molecule has 2 heteroatoms. The molecule has 0 aliphatic heterocycles. The van der Waals surface area contributed by atoms with Gasteiger partial charge in [0.2, 0.25) is 0 Å². The molecule has 0 saturated carbocycles. The van der Waals surface area contributed by atoms with Gasteiger partial charge >= 0.3 is 0 Å². The van der Waals surface area contributed by atoms with Crippen LogP contribution >= 0.6 is 11.8 Å². The Balaban J connectivity index is 3.81. The van der Waals surface area contributed by atoms with Crippen LogP contribution in [0.3, 0.4) is 0 Å². The van der Waals surface area contributed by atoms with Crippen LogP contribution < -0.4 is 0 Å². The van der Waals surface area contributed by atoms with Gasteiger partial charge in [0.1, 0.15) is 0 Å². The fraction of sp³-hybridized carbons (Fsp3) is 0.857. The van der Waals surface area contributed by atoms with E-state index >= 15 is 0 Å². The minimum atomic E-state index is 0.597. The molecule has 0 aromatic heterocycles. The highest BCUT2D eigenvalue weighted by Gasteiger charge is 2.00. The maximum atomic E-state index is 4.32. The molecular formula is C7H15NS. The molecule has 0 atom stereocenters. The first-order chi connectivity index (χ1) is 4.22. The Kier molecular flexibility index (Phi) is 4.87. The minimum Gasteiger partial charge on any atom is -0.283 e. The molecule has 0 heterocycles. The molecule has 0 bridgehead atoms. The van der Waals surface area contributed by atoms with Crippen molar-refractivity contribution in [2.45, 2.75) is 20.8 Å². The average molecular weight is 145 g/mol. The smallest absolute Gasteiger partial charge is 0.0698 e. The lowest BCUT2D eigenvalue weighted by Gasteiger charge is -2.04. The Morgan fingerprint density at radius 3 is 2.22 bits per heavy atom. The summed E-state index contributed by atoms with van der Waals surface area (Å²) in [5.74, 6) is 0.597. The maximum Gasteiger partial charge on any atom is 0.0698 e. The van der Waals surface area contributed by atoms with Crippen LogP contribution in [0.1, 0.15) is 20.8 Å². The summed E-state index contributed by atoms with van der Waals surface area (Å²) in [5.41, 5.74) is 0. The minimum absolute atomic E-state index is 0.597. The van der Waals surface area contributed by atoms with E-state index in [4.69, 9.17) is 0 Å². The maximum absolute atomic E-state index is 4.32. The highest BCUT2D eigenvalue weighted by Crippen LogP contribution is 2.08. The molecule has 0 saturated heterocycles. The Bertz CT molecular complexity index is 97.1. The number of hydrogen-bond acceptors (Lipinski definition) is 2. The molecule has 1 nitrogen and oxygen atoms in total. The molecule has 0 unspecified atom stereocenters. The third-order valence-corrected chi connectivity index (χ3v) is 2.04. The van der Waals surface area contributed by atoms with Gasteiger partial charge in [-0.15, -0.1) is 11.8 Å². The molecular weight excluding hydrogens is 130 g/mol. The van der Waals surface area contributed by atoms with Gasteiger partial charge in [0, 0.05) is 12.5 Å². The largest absolute Gasteiger partial charge is 0.283 e. The highest BCUT2D eigenvalue weighted by molar-refractivity contribution is 8.13. The standard InChI is InChI=1S/C7H15NS/c1-5-8-7(9-4)6(2)3/h6H,5H2,1-4H3. The normalized spacial score (nSPS) is 12.8. The number of nitrogens with zero attached hydrogens (tertiary/aromatic N) is 1. The van der Waals surface area contributed by atoms with Crippen molar-refractivity contribution in [1.29, 1.82) is 0 Å². The van der Waals surface area contributed by atoms with Gasteiger partial charge in [0.25, 0.3) is 0 Å². The van der Waals surface area contributed by atoms with E-state index in [1.807, 2.05) is 0 Å². The van der Waals surface area contributed by atoms with E-state index in [-0.39, 0.29) is 0 Å². The molecule has 0 aliphatic rings. The van der Waals surface area contributed by atoms with Gasteiger partial charge in [-0.3, -0.25) is 4.99 Å². The fourth-order valence-electron chi connectivity index (χ4n) is 0.639. The second-order valence-corrected chi connectivity index (χ2v) is 3.00. The molecule has 0 fully saturated rings. The van der Waals surface area contributed by atoms with E-state index in [1.54, 1.807) is 11.8 Å². The van der Waals surface area contributed by atoms with Crippen molar-refractivity contribution in [3.05, 3.63) is 0 Å². The van der Waals surface area contributed by atoms with E-state index in [0.29, 0.717) is 5.92 Å². The molecule has 0 spiro atoms. The summed E-state index contributed by atoms with van der Waals surface area (Å²) in [7, 11) is 0. The topological polar surface area (TPSA) is 12.4 Å². The van der Waals surface area contributed by atoms with Crippen LogP contribution in [0.5, 0.6) is 0 Å². The van der Waals surface area contributed by atoms with Crippen molar-refractivity contribution >= 4 is 16.8 Å². The Labute approximate surface area is 61.9 Å². The Morgan fingerprint density at radius 1 is 1.56 bits per heavy atom. The lowest BCUT2D eigenvalue weighted by atomic mass is 10.2. The first kappa shape index (κ1) is 9.02. The van der Waals surface area contributed by atoms with Crippen molar-refractivity contribution in [2.24, 2.45) is 10.9 Å². The monoisotopic (exact) mass is 145 g/mol. The van der Waals surface area contributed by atoms with E-state index in [9.17, 15) is 0 Å². The highest BCUT2D eigenvalue weighted by atomic mass is 32.2. The van der Waals surface area contributed by atoms with Crippen molar-refractivity contribution in [3.8, 4) is 0 Å². The third kappa shape index (κ3) is 3.57. The van der Waals surface area contributed by atoms with Crippen molar-refractivity contribution in [3.63, 3.8) is 0 Å². The van der Waals surface area contributed by atoms with Gasteiger partial charge in [-0.2, -0.15) is 0 Å². The summed E-state index contributed by atoms with van der Waals surface area (Å²) in [5, 5.41) is 1.26. The van der Waals surface area contributed by atoms with Crippen LogP contribution in [-0.4, -0.2) is 17.8 Å². The van der Waals surface area contributed by atoms with Gasteiger partial charge in [-0.05, 0) is 13.2 Å². The molecule has 9 heavy (non-hydrogen) atoms. The predicted molar refractivity (Wildman–Crippen MR) is 46.3 cm³/mol. The van der Waals surface area contributed by atoms with E-state index in [1.165, 1.54) is 5.04 Å². The summed E-state index contributed by atoms with van der Waals surface area (Å²) >= 11 is 1.75. The number of aliphatic imine (C=N–C) groups is 1. The molecule has 0 aliphatic carbocycles. The first-order valence-electron chi connectivity index (χ1n) is 3.30. The van der Waals surface area contributed by atoms with E-state index in [0.717, 1.165) is 6.54 Å². The summed E-state index contributed by atoms with van der Waals surface area (Å²) < 4.78 is 0. The number of hydrogen-bond donors (Lipinski definition) is 0. The molecule has 0 rings (SSSR count). The zero-order valence-electron chi connectivity index (χ0n) is 6.64. The lowest BCUT2D eigenvalue weighted by Crippen LogP contribution is -2.01. The van der Waals surface area contributed by atoms with Crippen LogP contribution in [0.15, 0.2) is 4.99 Å². The first-order valence-corrected chi connectivity index (χ1v) is 4.53. The third-order valence-electron chi connectivity index (χ3n) is 1.02. The fourth-order valence-corrected chi connectivity index (χ4v) is 1.37.